The minimum absolute atomic E-state index is 0.703. The van der Waals surface area contributed by atoms with Gasteiger partial charge in [-0.3, -0.25) is 0 Å². The molecule has 0 aromatic carbocycles. The summed E-state index contributed by atoms with van der Waals surface area (Å²) in [5.74, 6) is 1.23. The van der Waals surface area contributed by atoms with Gasteiger partial charge in [-0.05, 0) is 6.26 Å². The molecule has 2 nitrogen and oxygen atoms in total. The standard InChI is InChI=1S/C6H14N2S/c1-9-5-6-4-7-2-3-8-6/h6-8H,2-5H2,1H3/t6-/m1/s1. The van der Waals surface area contributed by atoms with Crippen molar-refractivity contribution in [3.8, 4) is 0 Å². The zero-order valence-electron chi connectivity index (χ0n) is 5.81. The van der Waals surface area contributed by atoms with Gasteiger partial charge in [0.1, 0.15) is 0 Å². The molecule has 0 aromatic rings. The zero-order chi connectivity index (χ0) is 6.53. The Morgan fingerprint density at radius 3 is 3.00 bits per heavy atom. The van der Waals surface area contributed by atoms with Gasteiger partial charge in [0.15, 0.2) is 0 Å². The lowest BCUT2D eigenvalue weighted by molar-refractivity contribution is 0.447. The summed E-state index contributed by atoms with van der Waals surface area (Å²) in [6, 6.07) is 0.703. The van der Waals surface area contributed by atoms with Gasteiger partial charge in [0.2, 0.25) is 0 Å². The zero-order valence-corrected chi connectivity index (χ0v) is 6.63. The van der Waals surface area contributed by atoms with E-state index in [1.807, 2.05) is 11.8 Å². The average molecular weight is 146 g/mol. The highest BCUT2D eigenvalue weighted by atomic mass is 32.2. The predicted octanol–water partition coefficient (Wildman–Crippen LogP) is -0.0892. The molecule has 1 rings (SSSR count). The third-order valence-corrected chi connectivity index (χ3v) is 2.23. The van der Waals surface area contributed by atoms with Crippen LogP contribution in [0, 0.1) is 0 Å². The lowest BCUT2D eigenvalue weighted by Gasteiger charge is -2.23. The predicted molar refractivity (Wildman–Crippen MR) is 43.0 cm³/mol. The van der Waals surface area contributed by atoms with E-state index in [-0.39, 0.29) is 0 Å². The number of piperazine rings is 1. The van der Waals surface area contributed by atoms with Gasteiger partial charge in [0.25, 0.3) is 0 Å². The number of hydrogen-bond donors (Lipinski definition) is 2. The fraction of sp³-hybridized carbons (Fsp3) is 1.00. The van der Waals surface area contributed by atoms with Gasteiger partial charge in [-0.1, -0.05) is 0 Å². The van der Waals surface area contributed by atoms with Crippen molar-refractivity contribution in [3.05, 3.63) is 0 Å². The smallest absolute Gasteiger partial charge is 0.0283 e. The highest BCUT2D eigenvalue weighted by Crippen LogP contribution is 1.97. The van der Waals surface area contributed by atoms with Gasteiger partial charge in [-0.2, -0.15) is 11.8 Å². The second kappa shape index (κ2) is 4.14. The molecule has 0 amide bonds. The quantitative estimate of drug-likeness (QED) is 0.569. The van der Waals surface area contributed by atoms with Crippen LogP contribution in [0.15, 0.2) is 0 Å². The third-order valence-electron chi connectivity index (χ3n) is 1.49. The average Bonchev–Trinajstić information content (AvgIpc) is 1.91. The van der Waals surface area contributed by atoms with Crippen LogP contribution in [0.2, 0.25) is 0 Å². The van der Waals surface area contributed by atoms with Crippen LogP contribution < -0.4 is 10.6 Å². The molecule has 0 aliphatic carbocycles. The van der Waals surface area contributed by atoms with Crippen molar-refractivity contribution in [1.29, 1.82) is 0 Å². The second-order valence-corrected chi connectivity index (χ2v) is 3.22. The lowest BCUT2D eigenvalue weighted by atomic mass is 10.3. The Morgan fingerprint density at radius 1 is 1.56 bits per heavy atom. The summed E-state index contributed by atoms with van der Waals surface area (Å²) < 4.78 is 0. The van der Waals surface area contributed by atoms with Gasteiger partial charge < -0.3 is 10.6 Å². The fourth-order valence-corrected chi connectivity index (χ4v) is 1.67. The summed E-state index contributed by atoms with van der Waals surface area (Å²) in [7, 11) is 0. The summed E-state index contributed by atoms with van der Waals surface area (Å²) in [4.78, 5) is 0. The van der Waals surface area contributed by atoms with Crippen molar-refractivity contribution in [2.75, 3.05) is 31.6 Å². The summed E-state index contributed by atoms with van der Waals surface area (Å²) in [6.07, 6.45) is 2.15. The number of hydrogen-bond acceptors (Lipinski definition) is 3. The van der Waals surface area contributed by atoms with Crippen LogP contribution >= 0.6 is 11.8 Å². The Morgan fingerprint density at radius 2 is 2.44 bits per heavy atom. The van der Waals surface area contributed by atoms with Crippen LogP contribution in [0.25, 0.3) is 0 Å². The van der Waals surface area contributed by atoms with Crippen LogP contribution in [0.3, 0.4) is 0 Å². The van der Waals surface area contributed by atoms with Gasteiger partial charge >= 0.3 is 0 Å². The molecule has 0 unspecified atom stereocenters. The maximum Gasteiger partial charge on any atom is 0.0283 e. The van der Waals surface area contributed by atoms with Gasteiger partial charge in [-0.15, -0.1) is 0 Å². The van der Waals surface area contributed by atoms with Crippen molar-refractivity contribution in [3.63, 3.8) is 0 Å². The first-order valence-electron chi connectivity index (χ1n) is 3.36. The number of thioether (sulfide) groups is 1. The molecule has 54 valence electrons. The van der Waals surface area contributed by atoms with Crippen LogP contribution in [-0.2, 0) is 0 Å². The Labute approximate surface area is 60.8 Å². The van der Waals surface area contributed by atoms with E-state index < -0.39 is 0 Å². The molecule has 0 aromatic heterocycles. The summed E-state index contributed by atoms with van der Waals surface area (Å²) in [6.45, 7) is 3.40. The molecule has 0 spiro atoms. The molecular formula is C6H14N2S. The fourth-order valence-electron chi connectivity index (χ4n) is 1.03. The van der Waals surface area contributed by atoms with Crippen LogP contribution in [0.4, 0.5) is 0 Å². The molecular weight excluding hydrogens is 132 g/mol. The van der Waals surface area contributed by atoms with Crippen molar-refractivity contribution in [1.82, 2.24) is 10.6 Å². The molecule has 1 aliphatic rings. The Hall–Kier alpha value is 0.270. The third kappa shape index (κ3) is 2.56. The molecule has 1 saturated heterocycles. The van der Waals surface area contributed by atoms with E-state index in [1.165, 1.54) is 5.75 Å². The van der Waals surface area contributed by atoms with Crippen molar-refractivity contribution in [2.24, 2.45) is 0 Å². The highest BCUT2D eigenvalue weighted by molar-refractivity contribution is 7.98. The minimum Gasteiger partial charge on any atom is -0.314 e. The number of nitrogens with one attached hydrogen (secondary N) is 2. The second-order valence-electron chi connectivity index (χ2n) is 2.31. The Bertz CT molecular complexity index is 68.7. The van der Waals surface area contributed by atoms with E-state index in [2.05, 4.69) is 16.9 Å². The van der Waals surface area contributed by atoms with Crippen LogP contribution in [0.1, 0.15) is 0 Å². The van der Waals surface area contributed by atoms with Crippen LogP contribution in [-0.4, -0.2) is 37.7 Å². The van der Waals surface area contributed by atoms with E-state index >= 15 is 0 Å². The first kappa shape index (κ1) is 7.38. The normalized spacial score (nSPS) is 28.3. The SMILES string of the molecule is CSC[C@H]1CNCCN1. The molecule has 0 bridgehead atoms. The lowest BCUT2D eigenvalue weighted by Crippen LogP contribution is -2.49. The van der Waals surface area contributed by atoms with Crippen LogP contribution in [0.5, 0.6) is 0 Å². The molecule has 1 heterocycles. The van der Waals surface area contributed by atoms with Crippen molar-refractivity contribution >= 4 is 11.8 Å². The van der Waals surface area contributed by atoms with Gasteiger partial charge in [-0.25, -0.2) is 0 Å². The molecule has 0 radical (unpaired) electrons. The highest BCUT2D eigenvalue weighted by Gasteiger charge is 2.09. The topological polar surface area (TPSA) is 24.1 Å². The van der Waals surface area contributed by atoms with E-state index in [9.17, 15) is 0 Å². The first-order chi connectivity index (χ1) is 4.43. The maximum absolute atomic E-state index is 3.44. The molecule has 9 heavy (non-hydrogen) atoms. The van der Waals surface area contributed by atoms with E-state index in [0.717, 1.165) is 19.6 Å². The van der Waals surface area contributed by atoms with E-state index in [0.29, 0.717) is 6.04 Å². The molecule has 3 heteroatoms. The summed E-state index contributed by atoms with van der Waals surface area (Å²) >= 11 is 1.91. The molecule has 1 aliphatic heterocycles. The van der Waals surface area contributed by atoms with E-state index in [1.54, 1.807) is 0 Å². The molecule has 0 saturated carbocycles. The van der Waals surface area contributed by atoms with Gasteiger partial charge in [0, 0.05) is 31.4 Å². The maximum atomic E-state index is 3.44. The Balaban J connectivity index is 2.08. The minimum atomic E-state index is 0.703. The Kier molecular flexibility index (Phi) is 3.40. The van der Waals surface area contributed by atoms with E-state index in [4.69, 9.17) is 0 Å². The number of rotatable bonds is 2. The molecule has 1 atom stereocenters. The van der Waals surface area contributed by atoms with Crippen molar-refractivity contribution in [2.45, 2.75) is 6.04 Å². The van der Waals surface area contributed by atoms with Gasteiger partial charge in [0.05, 0.1) is 0 Å². The molecule has 2 N–H and O–H groups in total. The largest absolute Gasteiger partial charge is 0.314 e. The summed E-state index contributed by atoms with van der Waals surface area (Å²) in [5, 5.41) is 6.78. The van der Waals surface area contributed by atoms with Crippen molar-refractivity contribution < 1.29 is 0 Å². The monoisotopic (exact) mass is 146 g/mol. The first-order valence-corrected chi connectivity index (χ1v) is 4.76. The summed E-state index contributed by atoms with van der Waals surface area (Å²) in [5.41, 5.74) is 0. The molecule has 1 fully saturated rings.